The van der Waals surface area contributed by atoms with Crippen LogP contribution < -0.4 is 0 Å². The van der Waals surface area contributed by atoms with Gasteiger partial charge >= 0.3 is 0 Å². The summed E-state index contributed by atoms with van der Waals surface area (Å²) in [7, 11) is 0. The van der Waals surface area contributed by atoms with E-state index in [2.05, 4.69) is 14.9 Å². The lowest BCUT2D eigenvalue weighted by Crippen LogP contribution is -2.49. The van der Waals surface area contributed by atoms with Crippen LogP contribution in [-0.2, 0) is 11.2 Å². The molecule has 4 atom stereocenters. The molecular formula is C18H24F2N4O. The van der Waals surface area contributed by atoms with Crippen LogP contribution in [-0.4, -0.2) is 49.5 Å². The van der Waals surface area contributed by atoms with E-state index >= 15 is 0 Å². The molecule has 2 fully saturated rings. The van der Waals surface area contributed by atoms with Gasteiger partial charge in [0.05, 0.1) is 12.1 Å². The monoisotopic (exact) mass is 350 g/mol. The van der Waals surface area contributed by atoms with Crippen molar-refractivity contribution < 1.29 is 13.5 Å². The number of halogens is 2. The first-order valence-electron chi connectivity index (χ1n) is 8.92. The van der Waals surface area contributed by atoms with Gasteiger partial charge in [-0.25, -0.2) is 8.78 Å². The van der Waals surface area contributed by atoms with Crippen molar-refractivity contribution in [3.05, 3.63) is 46.1 Å². The molecule has 7 heteroatoms. The highest BCUT2D eigenvalue weighted by molar-refractivity contribution is 5.16. The minimum absolute atomic E-state index is 0.215. The van der Waals surface area contributed by atoms with Crippen molar-refractivity contribution in [1.82, 2.24) is 4.90 Å². The summed E-state index contributed by atoms with van der Waals surface area (Å²) in [6, 6.07) is 5.93. The predicted octanol–water partition coefficient (Wildman–Crippen LogP) is 3.89. The van der Waals surface area contributed by atoms with E-state index < -0.39 is 12.2 Å². The fourth-order valence-corrected chi connectivity index (χ4v) is 3.89. The maximum absolute atomic E-state index is 14.0. The zero-order chi connectivity index (χ0) is 17.6. The minimum atomic E-state index is -1.13. The fourth-order valence-electron chi connectivity index (χ4n) is 3.89. The largest absolute Gasteiger partial charge is 0.376 e. The summed E-state index contributed by atoms with van der Waals surface area (Å²) in [6.07, 6.45) is 1.88. The van der Waals surface area contributed by atoms with E-state index in [1.54, 1.807) is 0 Å². The second-order valence-electron chi connectivity index (χ2n) is 7.01. The molecule has 0 amide bonds. The van der Waals surface area contributed by atoms with E-state index in [9.17, 15) is 8.78 Å². The third-order valence-electron chi connectivity index (χ3n) is 5.14. The number of piperidine rings is 1. The molecule has 0 bridgehead atoms. The highest BCUT2D eigenvalue weighted by atomic mass is 19.1. The Balaban J connectivity index is 1.57. The van der Waals surface area contributed by atoms with Gasteiger partial charge < -0.3 is 9.64 Å². The molecule has 5 nitrogen and oxygen atoms in total. The molecule has 0 N–H and O–H groups in total. The number of hydrogen-bond donors (Lipinski definition) is 0. The van der Waals surface area contributed by atoms with Gasteiger partial charge in [-0.15, -0.1) is 0 Å². The van der Waals surface area contributed by atoms with Gasteiger partial charge in [0.2, 0.25) is 0 Å². The Morgan fingerprint density at radius 1 is 1.28 bits per heavy atom. The molecule has 136 valence electrons. The van der Waals surface area contributed by atoms with Gasteiger partial charge in [-0.1, -0.05) is 17.2 Å². The first kappa shape index (κ1) is 18.1. The van der Waals surface area contributed by atoms with Gasteiger partial charge in [0.1, 0.15) is 12.0 Å². The zero-order valence-corrected chi connectivity index (χ0v) is 14.2. The molecule has 1 aromatic carbocycles. The van der Waals surface area contributed by atoms with Crippen molar-refractivity contribution in [2.45, 2.75) is 44.0 Å². The van der Waals surface area contributed by atoms with Crippen LogP contribution in [0.4, 0.5) is 8.78 Å². The number of nitrogens with zero attached hydrogens (tertiary/aromatic N) is 4. The molecule has 1 aromatic rings. The van der Waals surface area contributed by atoms with E-state index in [-0.39, 0.29) is 18.3 Å². The third-order valence-corrected chi connectivity index (χ3v) is 5.14. The second kappa shape index (κ2) is 8.61. The number of rotatable bonds is 5. The molecule has 0 unspecified atom stereocenters. The van der Waals surface area contributed by atoms with Crippen LogP contribution in [0.1, 0.15) is 24.8 Å². The zero-order valence-electron chi connectivity index (χ0n) is 14.2. The van der Waals surface area contributed by atoms with Crippen molar-refractivity contribution in [3.63, 3.8) is 0 Å². The van der Waals surface area contributed by atoms with Crippen LogP contribution in [0.2, 0.25) is 0 Å². The standard InChI is InChI=1S/C18H24F2N4O/c19-15-5-3-13(4-6-15)10-14-2-1-8-24(11-14)12-17-18(22-23-21)16(20)7-9-25-17/h3-6,14,16-18H,1-2,7-12H2/t14-,16-,17+,18+/m0/s1. The number of alkyl halides is 1. The Kier molecular flexibility index (Phi) is 6.24. The number of hydrogen-bond acceptors (Lipinski definition) is 3. The smallest absolute Gasteiger partial charge is 0.123 e. The Labute approximate surface area is 146 Å². The lowest BCUT2D eigenvalue weighted by atomic mass is 9.90. The highest BCUT2D eigenvalue weighted by Gasteiger charge is 2.35. The van der Waals surface area contributed by atoms with Crippen LogP contribution in [0.15, 0.2) is 29.4 Å². The lowest BCUT2D eigenvalue weighted by Gasteiger charge is -2.38. The number of likely N-dealkylation sites (tertiary alicyclic amines) is 1. The number of benzene rings is 1. The number of azide groups is 1. The van der Waals surface area contributed by atoms with Crippen molar-refractivity contribution in [2.75, 3.05) is 26.2 Å². The van der Waals surface area contributed by atoms with Gasteiger partial charge in [-0.3, -0.25) is 0 Å². The first-order valence-corrected chi connectivity index (χ1v) is 8.92. The summed E-state index contributed by atoms with van der Waals surface area (Å²) >= 11 is 0. The normalized spacial score (nSPS) is 30.6. The average molecular weight is 350 g/mol. The number of ether oxygens (including phenoxy) is 1. The molecule has 2 heterocycles. The van der Waals surface area contributed by atoms with E-state index in [4.69, 9.17) is 10.3 Å². The summed E-state index contributed by atoms with van der Waals surface area (Å²) in [5.74, 6) is 0.273. The van der Waals surface area contributed by atoms with E-state index in [0.29, 0.717) is 19.1 Å². The van der Waals surface area contributed by atoms with Crippen LogP contribution in [0.3, 0.4) is 0 Å². The van der Waals surface area contributed by atoms with Crippen LogP contribution in [0.5, 0.6) is 0 Å². The summed E-state index contributed by atoms with van der Waals surface area (Å²) in [6.45, 7) is 2.80. The van der Waals surface area contributed by atoms with E-state index in [0.717, 1.165) is 37.9 Å². The molecule has 2 aliphatic rings. The van der Waals surface area contributed by atoms with Crippen LogP contribution in [0, 0.1) is 11.7 Å². The molecule has 25 heavy (non-hydrogen) atoms. The molecule has 0 aliphatic carbocycles. The average Bonchev–Trinajstić information content (AvgIpc) is 2.60. The Morgan fingerprint density at radius 2 is 2.08 bits per heavy atom. The molecule has 0 radical (unpaired) electrons. The van der Waals surface area contributed by atoms with Crippen molar-refractivity contribution in [3.8, 4) is 0 Å². The van der Waals surface area contributed by atoms with Gasteiger partial charge in [0, 0.05) is 31.0 Å². The quantitative estimate of drug-likeness (QED) is 0.459. The maximum atomic E-state index is 14.0. The van der Waals surface area contributed by atoms with E-state index in [1.807, 2.05) is 12.1 Å². The molecule has 2 saturated heterocycles. The molecule has 2 aliphatic heterocycles. The SMILES string of the molecule is [N-]=[N+]=N[C@@H]1[C@@H](F)CCO[C@@H]1CN1CCC[C@@H](Cc2ccc(F)cc2)C1. The van der Waals surface area contributed by atoms with Crippen molar-refractivity contribution in [1.29, 1.82) is 0 Å². The molecule has 0 saturated carbocycles. The third kappa shape index (κ3) is 4.91. The molecular weight excluding hydrogens is 326 g/mol. The lowest BCUT2D eigenvalue weighted by molar-refractivity contribution is -0.0532. The highest BCUT2D eigenvalue weighted by Crippen LogP contribution is 2.25. The molecule has 0 spiro atoms. The summed E-state index contributed by atoms with van der Waals surface area (Å²) in [4.78, 5) is 5.06. The predicted molar refractivity (Wildman–Crippen MR) is 91.5 cm³/mol. The Bertz CT molecular complexity index is 606. The van der Waals surface area contributed by atoms with Crippen LogP contribution in [0.25, 0.3) is 10.4 Å². The Hall–Kier alpha value is -1.69. The molecule has 3 rings (SSSR count). The van der Waals surface area contributed by atoms with Gasteiger partial charge in [0.15, 0.2) is 0 Å². The summed E-state index contributed by atoms with van der Waals surface area (Å²) < 4.78 is 32.8. The van der Waals surface area contributed by atoms with Crippen molar-refractivity contribution in [2.24, 2.45) is 11.0 Å². The van der Waals surface area contributed by atoms with Crippen LogP contribution >= 0.6 is 0 Å². The topological polar surface area (TPSA) is 61.2 Å². The minimum Gasteiger partial charge on any atom is -0.376 e. The first-order chi connectivity index (χ1) is 12.2. The fraction of sp³-hybridized carbons (Fsp3) is 0.667. The summed E-state index contributed by atoms with van der Waals surface area (Å²) in [5, 5.41) is 3.62. The Morgan fingerprint density at radius 3 is 2.84 bits per heavy atom. The van der Waals surface area contributed by atoms with Gasteiger partial charge in [-0.05, 0) is 55.0 Å². The van der Waals surface area contributed by atoms with Crippen molar-refractivity contribution >= 4 is 0 Å². The molecule has 0 aromatic heterocycles. The summed E-state index contributed by atoms with van der Waals surface area (Å²) in [5.41, 5.74) is 9.82. The van der Waals surface area contributed by atoms with Gasteiger partial charge in [-0.2, -0.15) is 0 Å². The maximum Gasteiger partial charge on any atom is 0.123 e. The second-order valence-corrected chi connectivity index (χ2v) is 7.01. The van der Waals surface area contributed by atoms with E-state index in [1.165, 1.54) is 12.1 Å². The van der Waals surface area contributed by atoms with Gasteiger partial charge in [0.25, 0.3) is 0 Å².